The summed E-state index contributed by atoms with van der Waals surface area (Å²) < 4.78 is 6.61. The second-order valence-electron chi connectivity index (χ2n) is 3.49. The molecule has 17 heavy (non-hydrogen) atoms. The number of carbonyl (C=O) groups is 1. The van der Waals surface area contributed by atoms with Crippen molar-refractivity contribution in [2.45, 2.75) is 26.8 Å². The topological polar surface area (TPSA) is 64.3 Å². The highest BCUT2D eigenvalue weighted by molar-refractivity contribution is 5.92. The number of ether oxygens (including phenoxy) is 1. The van der Waals surface area contributed by atoms with Crippen molar-refractivity contribution in [2.75, 3.05) is 13.2 Å². The summed E-state index contributed by atoms with van der Waals surface area (Å²) in [4.78, 5) is 11.7. The van der Waals surface area contributed by atoms with Gasteiger partial charge in [0.05, 0.1) is 12.3 Å². The van der Waals surface area contributed by atoms with Gasteiger partial charge in [0.2, 0.25) is 0 Å². The third-order valence-electron chi connectivity index (χ3n) is 2.16. The van der Waals surface area contributed by atoms with Crippen molar-refractivity contribution in [3.8, 4) is 0 Å². The third kappa shape index (κ3) is 3.71. The third-order valence-corrected chi connectivity index (χ3v) is 2.16. The van der Waals surface area contributed by atoms with Crippen LogP contribution in [-0.2, 0) is 11.3 Å². The minimum Gasteiger partial charge on any atom is -0.462 e. The molecule has 1 rings (SSSR count). The molecular weight excluding hydrogens is 220 g/mol. The van der Waals surface area contributed by atoms with Crippen LogP contribution in [0, 0.1) is 0 Å². The molecule has 0 bridgehead atoms. The summed E-state index contributed by atoms with van der Waals surface area (Å²) in [5.74, 6) is -0.365. The Kier molecular flexibility index (Phi) is 5.42. The van der Waals surface area contributed by atoms with Crippen LogP contribution in [0.25, 0.3) is 6.08 Å². The zero-order valence-corrected chi connectivity index (χ0v) is 10.2. The molecule has 1 aromatic rings. The van der Waals surface area contributed by atoms with Gasteiger partial charge >= 0.3 is 5.97 Å². The van der Waals surface area contributed by atoms with E-state index < -0.39 is 0 Å². The van der Waals surface area contributed by atoms with Gasteiger partial charge in [-0.1, -0.05) is 6.08 Å². The first-order chi connectivity index (χ1) is 8.22. The van der Waals surface area contributed by atoms with Gasteiger partial charge in [0.25, 0.3) is 0 Å². The fourth-order valence-electron chi connectivity index (χ4n) is 1.43. The van der Waals surface area contributed by atoms with Gasteiger partial charge in [-0.3, -0.25) is 4.68 Å². The summed E-state index contributed by atoms with van der Waals surface area (Å²) >= 11 is 0. The fourth-order valence-corrected chi connectivity index (χ4v) is 1.43. The van der Waals surface area contributed by atoms with Crippen LogP contribution in [-0.4, -0.2) is 34.1 Å². The van der Waals surface area contributed by atoms with Crippen molar-refractivity contribution < 1.29 is 14.6 Å². The van der Waals surface area contributed by atoms with Gasteiger partial charge in [-0.15, -0.1) is 0 Å². The molecule has 1 heterocycles. The van der Waals surface area contributed by atoms with Gasteiger partial charge in [-0.2, -0.15) is 5.10 Å². The second kappa shape index (κ2) is 6.85. The van der Waals surface area contributed by atoms with E-state index in [9.17, 15) is 4.79 Å². The lowest BCUT2D eigenvalue weighted by molar-refractivity contribution is 0.0526. The molecule has 1 N–H and O–H groups in total. The quantitative estimate of drug-likeness (QED) is 0.762. The normalized spacial score (nSPS) is 11.0. The number of rotatable bonds is 6. The van der Waals surface area contributed by atoms with Crippen molar-refractivity contribution in [2.24, 2.45) is 0 Å². The monoisotopic (exact) mass is 238 g/mol. The molecule has 0 fully saturated rings. The SMILES string of the molecule is C/C=C/c1nn(CCCO)cc1C(=O)OCC. The van der Waals surface area contributed by atoms with E-state index in [4.69, 9.17) is 9.84 Å². The molecule has 0 radical (unpaired) electrons. The molecule has 0 saturated heterocycles. The number of aliphatic hydroxyl groups is 1. The molecule has 5 nitrogen and oxygen atoms in total. The summed E-state index contributed by atoms with van der Waals surface area (Å²) in [7, 11) is 0. The number of nitrogens with zero attached hydrogens (tertiary/aromatic N) is 2. The van der Waals surface area contributed by atoms with Crippen LogP contribution < -0.4 is 0 Å². The fraction of sp³-hybridized carbons (Fsp3) is 0.500. The highest BCUT2D eigenvalue weighted by Crippen LogP contribution is 2.11. The van der Waals surface area contributed by atoms with Crippen LogP contribution in [0.1, 0.15) is 36.3 Å². The Morgan fingerprint density at radius 1 is 1.65 bits per heavy atom. The van der Waals surface area contributed by atoms with Crippen molar-refractivity contribution in [3.05, 3.63) is 23.5 Å². The van der Waals surface area contributed by atoms with Gasteiger partial charge < -0.3 is 9.84 Å². The summed E-state index contributed by atoms with van der Waals surface area (Å²) in [5.41, 5.74) is 1.06. The van der Waals surface area contributed by atoms with Gasteiger partial charge in [-0.25, -0.2) is 4.79 Å². The largest absolute Gasteiger partial charge is 0.462 e. The Hall–Kier alpha value is -1.62. The van der Waals surface area contributed by atoms with E-state index in [2.05, 4.69) is 5.10 Å². The molecule has 0 amide bonds. The van der Waals surface area contributed by atoms with Crippen LogP contribution in [0.5, 0.6) is 0 Å². The van der Waals surface area contributed by atoms with Crippen LogP contribution in [0.15, 0.2) is 12.3 Å². The highest BCUT2D eigenvalue weighted by Gasteiger charge is 2.15. The number of aryl methyl sites for hydroxylation is 1. The first-order valence-electron chi connectivity index (χ1n) is 5.71. The molecule has 0 atom stereocenters. The number of aromatic nitrogens is 2. The Balaban J connectivity index is 2.92. The van der Waals surface area contributed by atoms with Gasteiger partial charge in [0.15, 0.2) is 0 Å². The van der Waals surface area contributed by atoms with Crippen LogP contribution in [0.2, 0.25) is 0 Å². The standard InChI is InChI=1S/C12H18N2O3/c1-3-6-11-10(12(16)17-4-2)9-14(13-11)7-5-8-15/h3,6,9,15H,4-5,7-8H2,1-2H3/b6-3+. The Bertz CT molecular complexity index is 396. The van der Waals surface area contributed by atoms with Crippen LogP contribution in [0.4, 0.5) is 0 Å². The average molecular weight is 238 g/mol. The molecular formula is C12H18N2O3. The molecule has 94 valence electrons. The zero-order valence-electron chi connectivity index (χ0n) is 10.2. The van der Waals surface area contributed by atoms with Crippen molar-refractivity contribution >= 4 is 12.0 Å². The van der Waals surface area contributed by atoms with E-state index in [1.54, 1.807) is 23.9 Å². The van der Waals surface area contributed by atoms with Crippen molar-refractivity contribution in [3.63, 3.8) is 0 Å². The molecule has 0 spiro atoms. The van der Waals surface area contributed by atoms with E-state index in [1.807, 2.05) is 13.0 Å². The minimum atomic E-state index is -0.365. The summed E-state index contributed by atoms with van der Waals surface area (Å²) in [6, 6.07) is 0. The number of allylic oxidation sites excluding steroid dienone is 1. The number of hydrogen-bond acceptors (Lipinski definition) is 4. The minimum absolute atomic E-state index is 0.105. The lowest BCUT2D eigenvalue weighted by Crippen LogP contribution is -2.05. The smallest absolute Gasteiger partial charge is 0.341 e. The van der Waals surface area contributed by atoms with Gasteiger partial charge in [-0.05, 0) is 26.3 Å². The van der Waals surface area contributed by atoms with Crippen molar-refractivity contribution in [1.29, 1.82) is 0 Å². The van der Waals surface area contributed by atoms with Crippen LogP contribution >= 0.6 is 0 Å². The Morgan fingerprint density at radius 3 is 3.00 bits per heavy atom. The van der Waals surface area contributed by atoms with E-state index in [0.717, 1.165) is 0 Å². The summed E-state index contributed by atoms with van der Waals surface area (Å²) in [5, 5.41) is 13.0. The maximum atomic E-state index is 11.7. The molecule has 0 aliphatic carbocycles. The number of esters is 1. The maximum absolute atomic E-state index is 11.7. The summed E-state index contributed by atoms with van der Waals surface area (Å²) in [6.07, 6.45) is 5.85. The van der Waals surface area contributed by atoms with Crippen LogP contribution in [0.3, 0.4) is 0 Å². The van der Waals surface area contributed by atoms with Gasteiger partial charge in [0.1, 0.15) is 5.56 Å². The predicted molar refractivity (Wildman–Crippen MR) is 64.6 cm³/mol. The molecule has 0 aliphatic rings. The first kappa shape index (κ1) is 13.4. The molecule has 1 aromatic heterocycles. The Morgan fingerprint density at radius 2 is 2.41 bits per heavy atom. The molecule has 0 aliphatic heterocycles. The molecule has 5 heteroatoms. The number of hydrogen-bond donors (Lipinski definition) is 1. The zero-order chi connectivity index (χ0) is 12.7. The van der Waals surface area contributed by atoms with E-state index in [1.165, 1.54) is 0 Å². The maximum Gasteiger partial charge on any atom is 0.341 e. The van der Waals surface area contributed by atoms with E-state index in [0.29, 0.717) is 30.8 Å². The second-order valence-corrected chi connectivity index (χ2v) is 3.49. The summed E-state index contributed by atoms with van der Waals surface area (Å²) in [6.45, 7) is 4.66. The van der Waals surface area contributed by atoms with Gasteiger partial charge in [0, 0.05) is 19.3 Å². The van der Waals surface area contributed by atoms with E-state index in [-0.39, 0.29) is 12.6 Å². The predicted octanol–water partition coefficient (Wildman–Crippen LogP) is 1.48. The molecule has 0 unspecified atom stereocenters. The lowest BCUT2D eigenvalue weighted by atomic mass is 10.2. The number of aliphatic hydroxyl groups excluding tert-OH is 1. The average Bonchev–Trinajstić information content (AvgIpc) is 2.70. The lowest BCUT2D eigenvalue weighted by Gasteiger charge is -1.98. The van der Waals surface area contributed by atoms with E-state index >= 15 is 0 Å². The molecule has 0 aromatic carbocycles. The number of carbonyl (C=O) groups excluding carboxylic acids is 1. The Labute approximate surface area is 101 Å². The molecule has 0 saturated carbocycles. The first-order valence-corrected chi connectivity index (χ1v) is 5.71. The highest BCUT2D eigenvalue weighted by atomic mass is 16.5. The van der Waals surface area contributed by atoms with Crippen molar-refractivity contribution in [1.82, 2.24) is 9.78 Å².